The number of primary amides is 1. The van der Waals surface area contributed by atoms with E-state index in [0.29, 0.717) is 11.3 Å². The number of aliphatic hydroxyl groups is 1. The van der Waals surface area contributed by atoms with Crippen molar-refractivity contribution in [3.8, 4) is 5.75 Å². The van der Waals surface area contributed by atoms with Crippen LogP contribution in [-0.4, -0.2) is 115 Å². The number of fused-ring (bicyclic) bond motifs is 3. The fourth-order valence-electron chi connectivity index (χ4n) is 6.51. The number of amides is 2. The summed E-state index contributed by atoms with van der Waals surface area (Å²) < 4.78 is 0. The third-order valence-electron chi connectivity index (χ3n) is 8.45. The largest absolute Gasteiger partial charge is 0.505 e. The number of nitrogens with zero attached hydrogens (tertiary/aromatic N) is 3. The van der Waals surface area contributed by atoms with E-state index in [4.69, 9.17) is 5.73 Å². The summed E-state index contributed by atoms with van der Waals surface area (Å²) in [6, 6.07) is 0.448. The minimum absolute atomic E-state index is 0.0329. The van der Waals surface area contributed by atoms with Gasteiger partial charge in [-0.2, -0.15) is 0 Å². The first-order valence-electron chi connectivity index (χ1n) is 12.9. The highest BCUT2D eigenvalue weighted by Crippen LogP contribution is 2.52. The third kappa shape index (κ3) is 4.15. The van der Waals surface area contributed by atoms with E-state index in [1.807, 2.05) is 0 Å². The van der Waals surface area contributed by atoms with Crippen molar-refractivity contribution < 1.29 is 39.0 Å². The van der Waals surface area contributed by atoms with Crippen molar-refractivity contribution in [2.45, 2.75) is 24.5 Å². The lowest BCUT2D eigenvalue weighted by atomic mass is 9.52. The van der Waals surface area contributed by atoms with Gasteiger partial charge in [0, 0.05) is 39.8 Å². The first kappa shape index (κ1) is 29.2. The summed E-state index contributed by atoms with van der Waals surface area (Å²) in [6.45, 7) is -0.171. The predicted molar refractivity (Wildman–Crippen MR) is 143 cm³/mol. The normalized spacial score (nSPS) is 29.4. The minimum Gasteiger partial charge on any atom is -0.505 e. The summed E-state index contributed by atoms with van der Waals surface area (Å²) >= 11 is 0. The maximum atomic E-state index is 14.0. The smallest absolute Gasteiger partial charge is 0.241 e. The molecule has 1 aromatic carbocycles. The van der Waals surface area contributed by atoms with Crippen molar-refractivity contribution >= 4 is 46.3 Å². The van der Waals surface area contributed by atoms with Crippen LogP contribution in [-0.2, 0) is 30.4 Å². The van der Waals surface area contributed by atoms with Crippen LogP contribution in [0.1, 0.15) is 22.3 Å². The number of rotatable bonds is 6. The Morgan fingerprint density at radius 1 is 1.07 bits per heavy atom. The molecule has 3 aliphatic carbocycles. The van der Waals surface area contributed by atoms with Crippen LogP contribution in [0.5, 0.6) is 5.75 Å². The van der Waals surface area contributed by atoms with Crippen LogP contribution in [0.25, 0.3) is 0 Å². The average Bonchev–Trinajstić information content (AvgIpc) is 2.84. The van der Waals surface area contributed by atoms with Gasteiger partial charge in [-0.25, -0.2) is 0 Å². The molecule has 13 heteroatoms. The summed E-state index contributed by atoms with van der Waals surface area (Å²) in [5.74, 6) is -11.4. The number of benzene rings is 1. The fourth-order valence-corrected chi connectivity index (χ4v) is 6.51. The molecular formula is C27H35N5O8. The zero-order chi connectivity index (χ0) is 30.0. The lowest BCUT2D eigenvalue weighted by molar-refractivity contribution is -0.181. The van der Waals surface area contributed by atoms with Gasteiger partial charge in [0.05, 0.1) is 29.8 Å². The molecule has 6 atom stereocenters. The molecule has 40 heavy (non-hydrogen) atoms. The van der Waals surface area contributed by atoms with Gasteiger partial charge < -0.3 is 31.1 Å². The average molecular weight is 558 g/mol. The predicted octanol–water partition coefficient (Wildman–Crippen LogP) is -1.57. The lowest BCUT2D eigenvalue weighted by Gasteiger charge is -2.52. The van der Waals surface area contributed by atoms with Crippen LogP contribution >= 0.6 is 0 Å². The van der Waals surface area contributed by atoms with E-state index in [1.165, 1.54) is 23.9 Å². The molecule has 0 aromatic heterocycles. The van der Waals surface area contributed by atoms with Crippen molar-refractivity contribution in [2.75, 3.05) is 59.0 Å². The molecule has 2 amide bonds. The molecule has 0 spiro atoms. The van der Waals surface area contributed by atoms with Crippen LogP contribution in [0, 0.1) is 23.7 Å². The first-order chi connectivity index (χ1) is 18.5. The van der Waals surface area contributed by atoms with E-state index in [-0.39, 0.29) is 36.5 Å². The van der Waals surface area contributed by atoms with E-state index in [0.717, 1.165) is 0 Å². The van der Waals surface area contributed by atoms with Crippen molar-refractivity contribution in [1.82, 2.24) is 9.80 Å². The number of hydrogen-bond donors (Lipinski definition) is 4. The van der Waals surface area contributed by atoms with Gasteiger partial charge in [-0.3, -0.25) is 33.7 Å². The quantitative estimate of drug-likeness (QED) is 0.233. The van der Waals surface area contributed by atoms with Gasteiger partial charge in [0.2, 0.25) is 11.8 Å². The second-order valence-electron chi connectivity index (χ2n) is 11.5. The number of carbonyl (C=O) groups is 6. The lowest BCUT2D eigenvalue weighted by Crippen LogP contribution is -2.74. The molecule has 3 aliphatic rings. The van der Waals surface area contributed by atoms with Crippen LogP contribution < -0.4 is 16.0 Å². The molecule has 2 fully saturated rings. The standard InChI is InChI=1S/C27H35N5O8/c1-30(2)15-9-14(29-10-16(33)31(3)4)21(34)18-12(15)7-11-8-13-20(32(5)6)23(36)19(26(28)39)25(38)27(13,40)24(37)17(11)22(18)35/h9,11,13,17,19-20,29,34,40H,7-8,10H2,1-6H3,(H2,28,39). The van der Waals surface area contributed by atoms with Crippen molar-refractivity contribution in [1.29, 1.82) is 0 Å². The molecule has 216 valence electrons. The van der Waals surface area contributed by atoms with Crippen LogP contribution in [0.15, 0.2) is 6.07 Å². The summed E-state index contributed by atoms with van der Waals surface area (Å²) in [7, 11) is 9.70. The van der Waals surface area contributed by atoms with Crippen LogP contribution in [0.4, 0.5) is 11.4 Å². The van der Waals surface area contributed by atoms with Gasteiger partial charge in [0.15, 0.2) is 34.7 Å². The van der Waals surface area contributed by atoms with Gasteiger partial charge in [-0.1, -0.05) is 0 Å². The SMILES string of the molecule is CN(C)C(=O)CNc1cc(N(C)C)c2c(c1O)C(=O)C1C(=O)C3(O)C(=O)C(C(N)=O)C(=O)C(N(C)C)C3CC1C2. The Bertz CT molecular complexity index is 1340. The Morgan fingerprint density at radius 3 is 2.23 bits per heavy atom. The third-order valence-corrected chi connectivity index (χ3v) is 8.45. The van der Waals surface area contributed by atoms with Crippen molar-refractivity contribution in [2.24, 2.45) is 29.4 Å². The fraction of sp³-hybridized carbons (Fsp3) is 0.556. The number of aromatic hydroxyl groups is 1. The number of ketones is 4. The highest BCUT2D eigenvalue weighted by atomic mass is 16.3. The minimum atomic E-state index is -2.79. The Hall–Kier alpha value is -3.84. The van der Waals surface area contributed by atoms with Crippen LogP contribution in [0.3, 0.4) is 0 Å². The molecule has 0 saturated heterocycles. The van der Waals surface area contributed by atoms with E-state index in [2.05, 4.69) is 5.32 Å². The summed E-state index contributed by atoms with van der Waals surface area (Å²) in [5, 5.41) is 25.7. The van der Waals surface area contributed by atoms with E-state index < -0.39 is 70.1 Å². The number of likely N-dealkylation sites (N-methyl/N-ethyl adjacent to an activating group) is 2. The molecule has 0 heterocycles. The van der Waals surface area contributed by atoms with Gasteiger partial charge in [0.1, 0.15) is 5.75 Å². The van der Waals surface area contributed by atoms with Gasteiger partial charge >= 0.3 is 0 Å². The Morgan fingerprint density at radius 2 is 1.70 bits per heavy atom. The maximum Gasteiger partial charge on any atom is 0.241 e. The van der Waals surface area contributed by atoms with Crippen LogP contribution in [0.2, 0.25) is 0 Å². The number of Topliss-reactive ketones (excluding diaryl/α,β-unsaturated/α-hetero) is 4. The number of nitrogens with two attached hydrogens (primary N) is 1. The second-order valence-corrected chi connectivity index (χ2v) is 11.5. The highest BCUT2D eigenvalue weighted by Gasteiger charge is 2.69. The first-order valence-corrected chi connectivity index (χ1v) is 12.9. The van der Waals surface area contributed by atoms with Gasteiger partial charge in [0.25, 0.3) is 0 Å². The molecule has 4 rings (SSSR count). The van der Waals surface area contributed by atoms with Gasteiger partial charge in [-0.15, -0.1) is 0 Å². The van der Waals surface area contributed by atoms with Crippen molar-refractivity contribution in [3.05, 3.63) is 17.2 Å². The Balaban J connectivity index is 1.85. The van der Waals surface area contributed by atoms with E-state index in [9.17, 15) is 39.0 Å². The number of nitrogens with one attached hydrogen (secondary N) is 1. The van der Waals surface area contributed by atoms with Crippen molar-refractivity contribution in [3.63, 3.8) is 0 Å². The molecule has 5 N–H and O–H groups in total. The number of phenols is 1. The Kier molecular flexibility index (Phi) is 7.26. The highest BCUT2D eigenvalue weighted by molar-refractivity contribution is 6.32. The molecule has 0 bridgehead atoms. The molecule has 1 aromatic rings. The molecule has 0 radical (unpaired) electrons. The summed E-state index contributed by atoms with van der Waals surface area (Å²) in [5.41, 5.74) is 3.57. The van der Waals surface area contributed by atoms with Gasteiger partial charge in [-0.05, 0) is 44.5 Å². The zero-order valence-corrected chi connectivity index (χ0v) is 23.3. The number of anilines is 2. The molecule has 2 saturated carbocycles. The molecular weight excluding hydrogens is 522 g/mol. The maximum absolute atomic E-state index is 14.0. The summed E-state index contributed by atoms with van der Waals surface area (Å²) in [4.78, 5) is 83.3. The summed E-state index contributed by atoms with van der Waals surface area (Å²) in [6.07, 6.45) is 0.110. The number of carbonyl (C=O) groups excluding carboxylic acids is 6. The zero-order valence-electron chi connectivity index (χ0n) is 23.3. The van der Waals surface area contributed by atoms with E-state index >= 15 is 0 Å². The number of hydrogen-bond acceptors (Lipinski definition) is 11. The Labute approximate surface area is 231 Å². The monoisotopic (exact) mass is 557 g/mol. The molecule has 0 aliphatic heterocycles. The molecule has 6 unspecified atom stereocenters. The molecule has 13 nitrogen and oxygen atoms in total. The van der Waals surface area contributed by atoms with E-state index in [1.54, 1.807) is 39.2 Å². The number of phenolic OH excluding ortho intramolecular Hbond substituents is 1. The second kappa shape index (κ2) is 9.97. The topological polar surface area (TPSA) is 191 Å².